The number of carbonyl (C=O) groups is 2. The molecule has 2 N–H and O–H groups in total. The molecule has 2 rings (SSSR count). The summed E-state index contributed by atoms with van der Waals surface area (Å²) in [5.74, 6) is -1.77. The zero-order valence-corrected chi connectivity index (χ0v) is 11.7. The zero-order valence-electron chi connectivity index (χ0n) is 11.7. The Morgan fingerprint density at radius 3 is 2.05 bits per heavy atom. The molecule has 1 amide bonds. The third-order valence-corrected chi connectivity index (χ3v) is 3.94. The van der Waals surface area contributed by atoms with Crippen molar-refractivity contribution < 1.29 is 27.9 Å². The molecule has 0 aliphatic heterocycles. The third kappa shape index (κ3) is 3.40. The summed E-state index contributed by atoms with van der Waals surface area (Å²) in [6.07, 6.45) is -1.52. The average molecular weight is 315 g/mol. The van der Waals surface area contributed by atoms with Gasteiger partial charge in [-0.1, -0.05) is 19.3 Å². The molecule has 1 aromatic carbocycles. The molecule has 1 aromatic rings. The summed E-state index contributed by atoms with van der Waals surface area (Å²) in [7, 11) is 0. The monoisotopic (exact) mass is 315 g/mol. The molecule has 0 unspecified atom stereocenters. The fourth-order valence-corrected chi connectivity index (χ4v) is 2.65. The number of benzene rings is 1. The molecule has 0 bridgehead atoms. The second kappa shape index (κ2) is 5.98. The lowest BCUT2D eigenvalue weighted by Crippen LogP contribution is -2.55. The van der Waals surface area contributed by atoms with E-state index in [4.69, 9.17) is 0 Å². The lowest BCUT2D eigenvalue weighted by atomic mass is 9.81. The fourth-order valence-electron chi connectivity index (χ4n) is 2.65. The number of nitrogens with one attached hydrogen (secondary N) is 1. The van der Waals surface area contributed by atoms with Crippen LogP contribution in [-0.4, -0.2) is 22.5 Å². The van der Waals surface area contributed by atoms with Gasteiger partial charge < -0.3 is 10.4 Å². The van der Waals surface area contributed by atoms with Crippen molar-refractivity contribution in [1.82, 2.24) is 5.32 Å². The van der Waals surface area contributed by atoms with Gasteiger partial charge in [0.1, 0.15) is 5.54 Å². The molecule has 0 radical (unpaired) electrons. The Labute approximate surface area is 125 Å². The molecule has 4 nitrogen and oxygen atoms in total. The van der Waals surface area contributed by atoms with Gasteiger partial charge >= 0.3 is 12.1 Å². The van der Waals surface area contributed by atoms with Crippen LogP contribution in [0.4, 0.5) is 13.2 Å². The highest BCUT2D eigenvalue weighted by molar-refractivity contribution is 5.97. The Morgan fingerprint density at radius 1 is 1.05 bits per heavy atom. The first kappa shape index (κ1) is 16.3. The predicted octanol–water partition coefficient (Wildman–Crippen LogP) is 3.22. The average Bonchev–Trinajstić information content (AvgIpc) is 2.47. The number of carboxylic acids is 1. The van der Waals surface area contributed by atoms with Gasteiger partial charge in [0.25, 0.3) is 5.91 Å². The highest BCUT2D eigenvalue weighted by atomic mass is 19.4. The Kier molecular flexibility index (Phi) is 4.44. The Morgan fingerprint density at radius 2 is 1.59 bits per heavy atom. The molecule has 7 heteroatoms. The van der Waals surface area contributed by atoms with Gasteiger partial charge in [0.2, 0.25) is 0 Å². The summed E-state index contributed by atoms with van der Waals surface area (Å²) < 4.78 is 37.4. The fraction of sp³-hybridized carbons (Fsp3) is 0.467. The topological polar surface area (TPSA) is 66.4 Å². The summed E-state index contributed by atoms with van der Waals surface area (Å²) in [6.45, 7) is 0. The van der Waals surface area contributed by atoms with Crippen LogP contribution in [0, 0.1) is 0 Å². The second-order valence-corrected chi connectivity index (χ2v) is 5.48. The highest BCUT2D eigenvalue weighted by Gasteiger charge is 2.41. The molecule has 1 fully saturated rings. The first-order valence-corrected chi connectivity index (χ1v) is 6.98. The van der Waals surface area contributed by atoms with Gasteiger partial charge in [-0.2, -0.15) is 13.2 Å². The predicted molar refractivity (Wildman–Crippen MR) is 72.4 cm³/mol. The summed E-state index contributed by atoms with van der Waals surface area (Å²) >= 11 is 0. The van der Waals surface area contributed by atoms with Gasteiger partial charge in [0.15, 0.2) is 0 Å². The van der Waals surface area contributed by atoms with Gasteiger partial charge in [-0.25, -0.2) is 4.79 Å². The Balaban J connectivity index is 2.15. The van der Waals surface area contributed by atoms with Gasteiger partial charge in [-0.05, 0) is 37.1 Å². The maximum Gasteiger partial charge on any atom is 0.416 e. The number of hydrogen-bond acceptors (Lipinski definition) is 2. The summed E-state index contributed by atoms with van der Waals surface area (Å²) in [5, 5.41) is 11.9. The van der Waals surface area contributed by atoms with Crippen LogP contribution in [0.3, 0.4) is 0 Å². The van der Waals surface area contributed by atoms with E-state index in [-0.39, 0.29) is 5.56 Å². The van der Waals surface area contributed by atoms with E-state index >= 15 is 0 Å². The molecule has 1 aliphatic rings. The minimum Gasteiger partial charge on any atom is -0.480 e. The third-order valence-electron chi connectivity index (χ3n) is 3.94. The van der Waals surface area contributed by atoms with Crippen LogP contribution in [0.25, 0.3) is 0 Å². The van der Waals surface area contributed by atoms with E-state index in [9.17, 15) is 27.9 Å². The van der Waals surface area contributed by atoms with Gasteiger partial charge in [-0.15, -0.1) is 0 Å². The minimum absolute atomic E-state index is 0.0131. The molecule has 1 aliphatic carbocycles. The van der Waals surface area contributed by atoms with Crippen molar-refractivity contribution in [1.29, 1.82) is 0 Å². The molecular weight excluding hydrogens is 299 g/mol. The molecule has 0 spiro atoms. The quantitative estimate of drug-likeness (QED) is 0.900. The number of amides is 1. The van der Waals surface area contributed by atoms with Crippen molar-refractivity contribution in [2.45, 2.75) is 43.8 Å². The van der Waals surface area contributed by atoms with Crippen molar-refractivity contribution in [3.05, 3.63) is 35.4 Å². The summed E-state index contributed by atoms with van der Waals surface area (Å²) in [4.78, 5) is 23.6. The molecule has 0 saturated heterocycles. The van der Waals surface area contributed by atoms with Crippen molar-refractivity contribution in [3.8, 4) is 0 Å². The smallest absolute Gasteiger partial charge is 0.416 e. The Hall–Kier alpha value is -2.05. The number of hydrogen-bond donors (Lipinski definition) is 2. The van der Waals surface area contributed by atoms with Crippen LogP contribution >= 0.6 is 0 Å². The molecule has 120 valence electrons. The van der Waals surface area contributed by atoms with Crippen LogP contribution in [0.15, 0.2) is 24.3 Å². The maximum absolute atomic E-state index is 12.5. The molecule has 1 saturated carbocycles. The zero-order chi connectivity index (χ0) is 16.4. The van der Waals surface area contributed by atoms with Crippen LogP contribution in [0.5, 0.6) is 0 Å². The first-order chi connectivity index (χ1) is 10.2. The van der Waals surface area contributed by atoms with Crippen molar-refractivity contribution >= 4 is 11.9 Å². The van der Waals surface area contributed by atoms with Gasteiger partial charge in [-0.3, -0.25) is 4.79 Å². The van der Waals surface area contributed by atoms with Crippen LogP contribution in [0.1, 0.15) is 48.0 Å². The Bertz CT molecular complexity index is 560. The molecule has 0 atom stereocenters. The lowest BCUT2D eigenvalue weighted by molar-refractivity contribution is -0.146. The normalized spacial score (nSPS) is 17.8. The van der Waals surface area contributed by atoms with E-state index in [1.807, 2.05) is 0 Å². The summed E-state index contributed by atoms with van der Waals surface area (Å²) in [6, 6.07) is 3.72. The van der Waals surface area contributed by atoms with E-state index in [0.717, 1.165) is 30.7 Å². The number of carboxylic acid groups (broad SMARTS) is 1. The minimum atomic E-state index is -4.47. The van der Waals surface area contributed by atoms with Gasteiger partial charge in [0.05, 0.1) is 5.56 Å². The number of aliphatic carboxylic acids is 1. The molecular formula is C15H16F3NO3. The molecule has 22 heavy (non-hydrogen) atoms. The van der Waals surface area contributed by atoms with E-state index in [1.54, 1.807) is 0 Å². The van der Waals surface area contributed by atoms with E-state index < -0.39 is 29.2 Å². The van der Waals surface area contributed by atoms with E-state index in [2.05, 4.69) is 5.32 Å². The number of alkyl halides is 3. The van der Waals surface area contributed by atoms with Crippen molar-refractivity contribution in [3.63, 3.8) is 0 Å². The first-order valence-electron chi connectivity index (χ1n) is 6.98. The number of carbonyl (C=O) groups excluding carboxylic acids is 1. The largest absolute Gasteiger partial charge is 0.480 e. The van der Waals surface area contributed by atoms with E-state index in [1.165, 1.54) is 0 Å². The molecule has 0 heterocycles. The summed E-state index contributed by atoms with van der Waals surface area (Å²) in [5.41, 5.74) is -2.16. The maximum atomic E-state index is 12.5. The number of rotatable bonds is 3. The number of halogens is 3. The van der Waals surface area contributed by atoms with E-state index in [0.29, 0.717) is 25.7 Å². The van der Waals surface area contributed by atoms with Crippen molar-refractivity contribution in [2.75, 3.05) is 0 Å². The molecule has 0 aromatic heterocycles. The second-order valence-electron chi connectivity index (χ2n) is 5.48. The van der Waals surface area contributed by atoms with Crippen LogP contribution < -0.4 is 5.32 Å². The highest BCUT2D eigenvalue weighted by Crippen LogP contribution is 2.30. The SMILES string of the molecule is O=C(NC1(C(=O)O)CCCCC1)c1ccc(C(F)(F)F)cc1. The standard InChI is InChI=1S/C15H16F3NO3/c16-15(17,18)11-6-4-10(5-7-11)12(20)19-14(13(21)22)8-2-1-3-9-14/h4-7H,1-3,8-9H2,(H,19,20)(H,21,22). The lowest BCUT2D eigenvalue weighted by Gasteiger charge is -2.34. The van der Waals surface area contributed by atoms with Crippen molar-refractivity contribution in [2.24, 2.45) is 0 Å². The van der Waals surface area contributed by atoms with Crippen LogP contribution in [0.2, 0.25) is 0 Å². The van der Waals surface area contributed by atoms with Crippen LogP contribution in [-0.2, 0) is 11.0 Å². The van der Waals surface area contributed by atoms with Gasteiger partial charge in [0, 0.05) is 5.56 Å².